The van der Waals surface area contributed by atoms with E-state index in [4.69, 9.17) is 4.84 Å². The van der Waals surface area contributed by atoms with Crippen molar-refractivity contribution in [2.24, 2.45) is 11.1 Å². The molecule has 2 heteroatoms. The average Bonchev–Trinajstić information content (AvgIpc) is 2.03. The molecule has 0 aromatic carbocycles. The molecule has 68 valence electrons. The van der Waals surface area contributed by atoms with Crippen LogP contribution < -0.4 is 0 Å². The predicted octanol–water partition coefficient (Wildman–Crippen LogP) is 3.08. The van der Waals surface area contributed by atoms with Gasteiger partial charge >= 0.3 is 0 Å². The quantitative estimate of drug-likeness (QED) is 0.458. The van der Waals surface area contributed by atoms with Crippen molar-refractivity contribution in [3.63, 3.8) is 0 Å². The van der Waals surface area contributed by atoms with Crippen LogP contribution in [-0.2, 0) is 4.84 Å². The first-order valence-corrected chi connectivity index (χ1v) is 4.35. The monoisotopic (exact) mass is 159 g/mol. The molecule has 0 aliphatic rings. The summed E-state index contributed by atoms with van der Waals surface area (Å²) in [6, 6.07) is 0. The first kappa shape index (κ1) is 13.1. The highest BCUT2D eigenvalue weighted by molar-refractivity contribution is 5.83. The summed E-state index contributed by atoms with van der Waals surface area (Å²) in [6.45, 7) is 12.7. The Morgan fingerprint density at radius 3 is 2.09 bits per heavy atom. The number of hydrogen-bond acceptors (Lipinski definition) is 2. The van der Waals surface area contributed by atoms with Gasteiger partial charge in [-0.2, -0.15) is 0 Å². The molecule has 0 amide bonds. The lowest BCUT2D eigenvalue weighted by Crippen LogP contribution is -2.02. The fourth-order valence-electron chi connectivity index (χ4n) is 0.272. The highest BCUT2D eigenvalue weighted by Gasteiger charge is 1.96. The second-order valence-corrected chi connectivity index (χ2v) is 2.31. The summed E-state index contributed by atoms with van der Waals surface area (Å²) in [6.07, 6.45) is 0. The highest BCUT2D eigenvalue weighted by Crippen LogP contribution is 1.95. The van der Waals surface area contributed by atoms with Gasteiger partial charge in [0, 0.05) is 0 Å². The van der Waals surface area contributed by atoms with Gasteiger partial charge in [0.2, 0.25) is 0 Å². The van der Waals surface area contributed by atoms with Crippen LogP contribution in [0.2, 0.25) is 0 Å². The van der Waals surface area contributed by atoms with Crippen LogP contribution in [0.15, 0.2) is 5.16 Å². The van der Waals surface area contributed by atoms with E-state index in [1.807, 2.05) is 27.7 Å². The van der Waals surface area contributed by atoms with Gasteiger partial charge in [0.25, 0.3) is 0 Å². The molecule has 0 aromatic rings. The van der Waals surface area contributed by atoms with Gasteiger partial charge in [-0.05, 0) is 19.8 Å². The Balaban J connectivity index is 0. The Labute approximate surface area is 70.6 Å². The lowest BCUT2D eigenvalue weighted by atomic mass is 10.1. The molecule has 0 spiro atoms. The summed E-state index contributed by atoms with van der Waals surface area (Å²) in [5, 5.41) is 3.86. The molecule has 0 aromatic heterocycles. The smallest absolute Gasteiger partial charge is 0.114 e. The Kier molecular flexibility index (Phi) is 11.3. The second kappa shape index (κ2) is 9.47. The standard InChI is InChI=1S/C7H15NO.C2H6/c1-5-9-8-7(4)6(2)3;1-2/h6H,5H2,1-4H3;1-2H3/b8-7-;. The van der Waals surface area contributed by atoms with Crippen molar-refractivity contribution in [3.8, 4) is 0 Å². The Morgan fingerprint density at radius 1 is 1.36 bits per heavy atom. The Hall–Kier alpha value is -0.530. The fraction of sp³-hybridized carbons (Fsp3) is 0.889. The molecule has 0 aliphatic carbocycles. The minimum atomic E-state index is 0.497. The summed E-state index contributed by atoms with van der Waals surface area (Å²) >= 11 is 0. The minimum Gasteiger partial charge on any atom is -0.396 e. The van der Waals surface area contributed by atoms with E-state index in [9.17, 15) is 0 Å². The zero-order chi connectivity index (χ0) is 9.28. The molecular formula is C9H21NO. The van der Waals surface area contributed by atoms with E-state index in [2.05, 4.69) is 19.0 Å². The molecule has 11 heavy (non-hydrogen) atoms. The molecule has 0 saturated heterocycles. The molecule has 0 heterocycles. The van der Waals surface area contributed by atoms with Crippen LogP contribution in [0, 0.1) is 5.92 Å². The highest BCUT2D eigenvalue weighted by atomic mass is 16.6. The maximum atomic E-state index is 4.84. The number of hydrogen-bond donors (Lipinski definition) is 0. The van der Waals surface area contributed by atoms with Crippen molar-refractivity contribution in [3.05, 3.63) is 0 Å². The maximum Gasteiger partial charge on any atom is 0.114 e. The Bertz CT molecular complexity index is 97.7. The van der Waals surface area contributed by atoms with Crippen molar-refractivity contribution in [2.45, 2.75) is 41.5 Å². The Morgan fingerprint density at radius 2 is 1.82 bits per heavy atom. The number of oxime groups is 1. The van der Waals surface area contributed by atoms with Crippen molar-refractivity contribution < 1.29 is 4.84 Å². The van der Waals surface area contributed by atoms with Gasteiger partial charge in [-0.1, -0.05) is 32.9 Å². The fourth-order valence-corrected chi connectivity index (χ4v) is 0.272. The molecule has 2 nitrogen and oxygen atoms in total. The zero-order valence-electron chi connectivity index (χ0n) is 8.64. The van der Waals surface area contributed by atoms with Crippen molar-refractivity contribution in [2.75, 3.05) is 6.61 Å². The molecule has 0 atom stereocenters. The SMILES string of the molecule is CC.CCO/N=C(/C)C(C)C. The van der Waals surface area contributed by atoms with Crippen LogP contribution in [0.1, 0.15) is 41.5 Å². The van der Waals surface area contributed by atoms with Crippen LogP contribution in [0.25, 0.3) is 0 Å². The van der Waals surface area contributed by atoms with Crippen LogP contribution in [0.5, 0.6) is 0 Å². The first-order chi connectivity index (χ1) is 5.18. The molecule has 0 bridgehead atoms. The van der Waals surface area contributed by atoms with E-state index in [1.54, 1.807) is 0 Å². The van der Waals surface area contributed by atoms with Gasteiger partial charge in [0.1, 0.15) is 6.61 Å². The van der Waals surface area contributed by atoms with Crippen molar-refractivity contribution in [1.82, 2.24) is 0 Å². The molecule has 0 unspecified atom stereocenters. The van der Waals surface area contributed by atoms with Crippen LogP contribution in [-0.4, -0.2) is 12.3 Å². The van der Waals surface area contributed by atoms with E-state index in [0.29, 0.717) is 12.5 Å². The topological polar surface area (TPSA) is 21.6 Å². The molecule has 0 rings (SSSR count). The van der Waals surface area contributed by atoms with Crippen molar-refractivity contribution >= 4 is 5.71 Å². The van der Waals surface area contributed by atoms with Gasteiger partial charge < -0.3 is 4.84 Å². The predicted molar refractivity (Wildman–Crippen MR) is 50.9 cm³/mol. The lowest BCUT2D eigenvalue weighted by molar-refractivity contribution is 0.157. The average molecular weight is 159 g/mol. The van der Waals surface area contributed by atoms with Crippen LogP contribution in [0.3, 0.4) is 0 Å². The van der Waals surface area contributed by atoms with Crippen LogP contribution in [0.4, 0.5) is 0 Å². The molecule has 0 fully saturated rings. The van der Waals surface area contributed by atoms with E-state index < -0.39 is 0 Å². The van der Waals surface area contributed by atoms with E-state index in [1.165, 1.54) is 0 Å². The van der Waals surface area contributed by atoms with Gasteiger partial charge in [0.05, 0.1) is 5.71 Å². The number of nitrogens with zero attached hydrogens (tertiary/aromatic N) is 1. The van der Waals surface area contributed by atoms with E-state index in [0.717, 1.165) is 5.71 Å². The maximum absolute atomic E-state index is 4.84. The number of rotatable bonds is 3. The van der Waals surface area contributed by atoms with Gasteiger partial charge in [-0.25, -0.2) is 0 Å². The summed E-state index contributed by atoms with van der Waals surface area (Å²) in [7, 11) is 0. The van der Waals surface area contributed by atoms with Crippen molar-refractivity contribution in [1.29, 1.82) is 0 Å². The first-order valence-electron chi connectivity index (χ1n) is 4.35. The molecule has 0 aliphatic heterocycles. The summed E-state index contributed by atoms with van der Waals surface area (Å²) in [4.78, 5) is 4.84. The lowest BCUT2D eigenvalue weighted by Gasteiger charge is -2.01. The third kappa shape index (κ3) is 9.47. The summed E-state index contributed by atoms with van der Waals surface area (Å²) in [5.41, 5.74) is 1.05. The van der Waals surface area contributed by atoms with Gasteiger partial charge in [-0.3, -0.25) is 0 Å². The van der Waals surface area contributed by atoms with E-state index in [-0.39, 0.29) is 0 Å². The summed E-state index contributed by atoms with van der Waals surface area (Å²) < 4.78 is 0. The zero-order valence-corrected chi connectivity index (χ0v) is 8.64. The summed E-state index contributed by atoms with van der Waals surface area (Å²) in [5.74, 6) is 0.497. The molecule has 0 saturated carbocycles. The molecule has 0 radical (unpaired) electrons. The third-order valence-corrected chi connectivity index (χ3v) is 1.17. The van der Waals surface area contributed by atoms with Crippen LogP contribution >= 0.6 is 0 Å². The van der Waals surface area contributed by atoms with E-state index >= 15 is 0 Å². The van der Waals surface area contributed by atoms with Gasteiger partial charge in [-0.15, -0.1) is 0 Å². The second-order valence-electron chi connectivity index (χ2n) is 2.31. The molecule has 0 N–H and O–H groups in total. The third-order valence-electron chi connectivity index (χ3n) is 1.17. The molecular weight excluding hydrogens is 138 g/mol. The van der Waals surface area contributed by atoms with Gasteiger partial charge in [0.15, 0.2) is 0 Å². The normalized spacial score (nSPS) is 10.6. The largest absolute Gasteiger partial charge is 0.396 e. The minimum absolute atomic E-state index is 0.497.